The first-order valence-electron chi connectivity index (χ1n) is 7.98. The van der Waals surface area contributed by atoms with Crippen LogP contribution in [0.15, 0.2) is 0 Å². The molecule has 20 heavy (non-hydrogen) atoms. The van der Waals surface area contributed by atoms with E-state index in [0.29, 0.717) is 11.3 Å². The van der Waals surface area contributed by atoms with Gasteiger partial charge in [-0.1, -0.05) is 20.8 Å². The van der Waals surface area contributed by atoms with E-state index >= 15 is 0 Å². The van der Waals surface area contributed by atoms with E-state index < -0.39 is 0 Å². The molecule has 1 atom stereocenters. The van der Waals surface area contributed by atoms with Crippen LogP contribution in [0, 0.1) is 17.3 Å². The lowest BCUT2D eigenvalue weighted by Gasteiger charge is -2.37. The Morgan fingerprint density at radius 1 is 1.15 bits per heavy atom. The average molecular weight is 303 g/mol. The third-order valence-electron chi connectivity index (χ3n) is 5.01. The number of nitrogens with one attached hydrogen (secondary N) is 2. The largest absolute Gasteiger partial charge is 0.354 e. The van der Waals surface area contributed by atoms with Crippen LogP contribution in [0.3, 0.4) is 0 Å². The molecule has 3 nitrogen and oxygen atoms in total. The van der Waals surface area contributed by atoms with Gasteiger partial charge in [-0.15, -0.1) is 12.4 Å². The molecule has 0 aromatic heterocycles. The van der Waals surface area contributed by atoms with E-state index in [-0.39, 0.29) is 24.4 Å². The van der Waals surface area contributed by atoms with Crippen LogP contribution in [0.4, 0.5) is 0 Å². The normalized spacial score (nSPS) is 30.6. The minimum atomic E-state index is 0. The molecule has 1 aliphatic carbocycles. The van der Waals surface area contributed by atoms with Gasteiger partial charge in [0.15, 0.2) is 0 Å². The van der Waals surface area contributed by atoms with Gasteiger partial charge in [-0.25, -0.2) is 0 Å². The highest BCUT2D eigenvalue weighted by Crippen LogP contribution is 2.39. The second kappa shape index (κ2) is 7.65. The molecular weight excluding hydrogens is 272 g/mol. The summed E-state index contributed by atoms with van der Waals surface area (Å²) in [5, 5.41) is 6.41. The van der Waals surface area contributed by atoms with Crippen LogP contribution in [0.5, 0.6) is 0 Å². The molecular formula is C16H31ClN2O. The fourth-order valence-electron chi connectivity index (χ4n) is 3.51. The van der Waals surface area contributed by atoms with Crippen LogP contribution in [0.25, 0.3) is 0 Å². The van der Waals surface area contributed by atoms with Gasteiger partial charge in [0.1, 0.15) is 0 Å². The lowest BCUT2D eigenvalue weighted by Crippen LogP contribution is -2.42. The van der Waals surface area contributed by atoms with Gasteiger partial charge in [-0.05, 0) is 62.3 Å². The van der Waals surface area contributed by atoms with Crippen LogP contribution < -0.4 is 10.6 Å². The van der Waals surface area contributed by atoms with Crippen LogP contribution >= 0.6 is 12.4 Å². The van der Waals surface area contributed by atoms with Gasteiger partial charge in [0, 0.05) is 6.54 Å². The fraction of sp³-hybridized carbons (Fsp3) is 0.938. The lowest BCUT2D eigenvalue weighted by molar-refractivity contribution is -0.123. The van der Waals surface area contributed by atoms with Crippen molar-refractivity contribution in [3.05, 3.63) is 0 Å². The highest BCUT2D eigenvalue weighted by Gasteiger charge is 2.30. The van der Waals surface area contributed by atoms with Crippen molar-refractivity contribution in [3.63, 3.8) is 0 Å². The quantitative estimate of drug-likeness (QED) is 0.841. The SMILES string of the molecule is CC(C)(C)C1CCC(CNC(=O)C2CCCN2)CC1.Cl. The van der Waals surface area contributed by atoms with Crippen molar-refractivity contribution in [3.8, 4) is 0 Å². The molecule has 2 N–H and O–H groups in total. The molecule has 0 bridgehead atoms. The molecule has 1 unspecified atom stereocenters. The maximum absolute atomic E-state index is 11.9. The molecule has 118 valence electrons. The minimum Gasteiger partial charge on any atom is -0.354 e. The number of carbonyl (C=O) groups is 1. The zero-order chi connectivity index (χ0) is 13.9. The van der Waals surface area contributed by atoms with E-state index in [4.69, 9.17) is 0 Å². The first-order chi connectivity index (χ1) is 8.97. The Morgan fingerprint density at radius 3 is 2.30 bits per heavy atom. The summed E-state index contributed by atoms with van der Waals surface area (Å²) in [7, 11) is 0. The maximum atomic E-state index is 11.9. The Labute approximate surface area is 130 Å². The predicted octanol–water partition coefficient (Wildman–Crippen LogP) is 3.13. The monoisotopic (exact) mass is 302 g/mol. The zero-order valence-corrected chi connectivity index (χ0v) is 14.0. The van der Waals surface area contributed by atoms with E-state index in [1.54, 1.807) is 0 Å². The molecule has 0 spiro atoms. The minimum absolute atomic E-state index is 0. The third kappa shape index (κ3) is 4.92. The van der Waals surface area contributed by atoms with Crippen LogP contribution in [-0.4, -0.2) is 25.0 Å². The average Bonchev–Trinajstić information content (AvgIpc) is 2.89. The molecule has 2 rings (SSSR count). The van der Waals surface area contributed by atoms with Gasteiger partial charge >= 0.3 is 0 Å². The zero-order valence-electron chi connectivity index (χ0n) is 13.2. The molecule has 2 fully saturated rings. The van der Waals surface area contributed by atoms with Crippen LogP contribution in [0.1, 0.15) is 59.3 Å². The highest BCUT2D eigenvalue weighted by molar-refractivity contribution is 5.85. The molecule has 1 amide bonds. The van der Waals surface area contributed by atoms with Gasteiger partial charge in [-0.3, -0.25) is 4.79 Å². The fourth-order valence-corrected chi connectivity index (χ4v) is 3.51. The molecule has 1 saturated carbocycles. The van der Waals surface area contributed by atoms with Gasteiger partial charge in [0.05, 0.1) is 6.04 Å². The summed E-state index contributed by atoms with van der Waals surface area (Å²) in [6.45, 7) is 8.94. The second-order valence-corrected chi connectivity index (χ2v) is 7.48. The van der Waals surface area contributed by atoms with E-state index in [1.807, 2.05) is 0 Å². The summed E-state index contributed by atoms with van der Waals surface area (Å²) < 4.78 is 0. The Bertz CT molecular complexity index is 300. The van der Waals surface area contributed by atoms with E-state index in [0.717, 1.165) is 31.8 Å². The Balaban J connectivity index is 0.00000200. The molecule has 0 radical (unpaired) electrons. The molecule has 1 saturated heterocycles. The van der Waals surface area contributed by atoms with Crippen LogP contribution in [0.2, 0.25) is 0 Å². The third-order valence-corrected chi connectivity index (χ3v) is 5.01. The van der Waals surface area contributed by atoms with E-state index in [1.165, 1.54) is 25.7 Å². The van der Waals surface area contributed by atoms with Gasteiger partial charge in [-0.2, -0.15) is 0 Å². The second-order valence-electron chi connectivity index (χ2n) is 7.48. The molecule has 4 heteroatoms. The van der Waals surface area contributed by atoms with Crippen molar-refractivity contribution in [2.24, 2.45) is 17.3 Å². The smallest absolute Gasteiger partial charge is 0.237 e. The Morgan fingerprint density at radius 2 is 1.80 bits per heavy atom. The Kier molecular flexibility index (Phi) is 6.80. The van der Waals surface area contributed by atoms with Crippen molar-refractivity contribution in [1.82, 2.24) is 10.6 Å². The first kappa shape index (κ1) is 17.8. The van der Waals surface area contributed by atoms with Crippen molar-refractivity contribution < 1.29 is 4.79 Å². The molecule has 0 aromatic rings. The summed E-state index contributed by atoms with van der Waals surface area (Å²) in [6.07, 6.45) is 7.34. The highest BCUT2D eigenvalue weighted by atomic mass is 35.5. The van der Waals surface area contributed by atoms with E-state index in [2.05, 4.69) is 31.4 Å². The van der Waals surface area contributed by atoms with E-state index in [9.17, 15) is 4.79 Å². The summed E-state index contributed by atoms with van der Waals surface area (Å²) in [5.41, 5.74) is 0.446. The Hall–Kier alpha value is -0.280. The van der Waals surface area contributed by atoms with Crippen LogP contribution in [-0.2, 0) is 4.79 Å². The number of amides is 1. The number of halogens is 1. The number of rotatable bonds is 3. The van der Waals surface area contributed by atoms with Gasteiger partial charge < -0.3 is 10.6 Å². The summed E-state index contributed by atoms with van der Waals surface area (Å²) in [5.74, 6) is 1.77. The molecule has 0 aromatic carbocycles. The predicted molar refractivity (Wildman–Crippen MR) is 86.2 cm³/mol. The van der Waals surface area contributed by atoms with Gasteiger partial charge in [0.25, 0.3) is 0 Å². The van der Waals surface area contributed by atoms with Crippen molar-refractivity contribution in [2.45, 2.75) is 65.3 Å². The summed E-state index contributed by atoms with van der Waals surface area (Å²) >= 11 is 0. The van der Waals surface area contributed by atoms with Crippen molar-refractivity contribution in [1.29, 1.82) is 0 Å². The standard InChI is InChI=1S/C16H30N2O.ClH/c1-16(2,3)13-8-6-12(7-9-13)11-18-15(19)14-5-4-10-17-14;/h12-14,17H,4-11H2,1-3H3,(H,18,19);1H. The lowest BCUT2D eigenvalue weighted by atomic mass is 9.70. The van der Waals surface area contributed by atoms with Gasteiger partial charge in [0.2, 0.25) is 5.91 Å². The van der Waals surface area contributed by atoms with Crippen molar-refractivity contribution in [2.75, 3.05) is 13.1 Å². The number of hydrogen-bond acceptors (Lipinski definition) is 2. The number of hydrogen-bond donors (Lipinski definition) is 2. The molecule has 1 heterocycles. The maximum Gasteiger partial charge on any atom is 0.237 e. The molecule has 2 aliphatic rings. The topological polar surface area (TPSA) is 41.1 Å². The summed E-state index contributed by atoms with van der Waals surface area (Å²) in [4.78, 5) is 11.9. The van der Waals surface area contributed by atoms with Crippen molar-refractivity contribution >= 4 is 18.3 Å². The number of carbonyl (C=O) groups excluding carboxylic acids is 1. The molecule has 1 aliphatic heterocycles. The summed E-state index contributed by atoms with van der Waals surface area (Å²) in [6, 6.07) is 0.0749. The first-order valence-corrected chi connectivity index (χ1v) is 7.98.